The molecular weight excluding hydrogens is 564 g/mol. The smallest absolute Gasteiger partial charge is 0.128 e. The normalized spacial score (nSPS) is 11.3. The van der Waals surface area contributed by atoms with Crippen LogP contribution in [-0.4, -0.2) is 39.9 Å². The van der Waals surface area contributed by atoms with E-state index in [1.165, 1.54) is 101 Å². The van der Waals surface area contributed by atoms with Gasteiger partial charge in [-0.05, 0) is 79.8 Å². The standard InChI is InChI=1S/C29H27F4NO4P2/c1-34(39(26-14-18(30)6-10-22(26)35-2)27-15-19(31)7-11-23(27)36-3)40(28-16-20(32)8-12-24(28)37-4)29-17-21(33)9-13-25(29)38-5/h6-17H,1-5H3. The Morgan fingerprint density at radius 2 is 0.675 bits per heavy atom. The Morgan fingerprint density at radius 3 is 0.875 bits per heavy atom. The van der Waals surface area contributed by atoms with E-state index in [0.717, 1.165) is 0 Å². The van der Waals surface area contributed by atoms with E-state index < -0.39 is 39.4 Å². The van der Waals surface area contributed by atoms with Crippen molar-refractivity contribution in [1.29, 1.82) is 0 Å². The minimum absolute atomic E-state index is 0.345. The molecule has 0 amide bonds. The lowest BCUT2D eigenvalue weighted by Crippen LogP contribution is -2.31. The van der Waals surface area contributed by atoms with Gasteiger partial charge in [0.2, 0.25) is 0 Å². The highest BCUT2D eigenvalue weighted by Crippen LogP contribution is 2.57. The molecule has 0 aliphatic heterocycles. The number of nitrogens with zero attached hydrogens (tertiary/aromatic N) is 1. The van der Waals surface area contributed by atoms with E-state index >= 15 is 0 Å². The van der Waals surface area contributed by atoms with Crippen LogP contribution in [0.3, 0.4) is 0 Å². The van der Waals surface area contributed by atoms with Crippen LogP contribution in [0.15, 0.2) is 72.8 Å². The minimum atomic E-state index is -1.86. The van der Waals surface area contributed by atoms with Gasteiger partial charge in [-0.3, -0.25) is 0 Å². The number of hydrogen-bond acceptors (Lipinski definition) is 5. The topological polar surface area (TPSA) is 40.2 Å². The molecule has 0 bridgehead atoms. The van der Waals surface area contributed by atoms with Gasteiger partial charge < -0.3 is 18.9 Å². The van der Waals surface area contributed by atoms with E-state index in [0.29, 0.717) is 44.2 Å². The lowest BCUT2D eigenvalue weighted by molar-refractivity contribution is 0.416. The van der Waals surface area contributed by atoms with Gasteiger partial charge >= 0.3 is 0 Å². The molecule has 40 heavy (non-hydrogen) atoms. The van der Waals surface area contributed by atoms with Crippen LogP contribution in [0.5, 0.6) is 23.0 Å². The fraction of sp³-hybridized carbons (Fsp3) is 0.172. The van der Waals surface area contributed by atoms with Gasteiger partial charge in [0.1, 0.15) is 46.3 Å². The summed E-state index contributed by atoms with van der Waals surface area (Å²) in [5.41, 5.74) is 0. The molecule has 4 rings (SSSR count). The molecule has 0 fully saturated rings. The second-order valence-electron chi connectivity index (χ2n) is 8.38. The lowest BCUT2D eigenvalue weighted by Gasteiger charge is -2.37. The largest absolute Gasteiger partial charge is 0.496 e. The quantitative estimate of drug-likeness (QED) is 0.177. The van der Waals surface area contributed by atoms with Crippen molar-refractivity contribution in [1.82, 2.24) is 4.44 Å². The minimum Gasteiger partial charge on any atom is -0.496 e. The van der Waals surface area contributed by atoms with E-state index in [4.69, 9.17) is 18.9 Å². The summed E-state index contributed by atoms with van der Waals surface area (Å²) in [7, 11) is 3.78. The highest BCUT2D eigenvalue weighted by atomic mass is 31.2. The highest BCUT2D eigenvalue weighted by Gasteiger charge is 2.36. The van der Waals surface area contributed by atoms with Crippen molar-refractivity contribution in [3.63, 3.8) is 0 Å². The first kappa shape index (κ1) is 29.6. The second-order valence-corrected chi connectivity index (χ2v) is 13.1. The summed E-state index contributed by atoms with van der Waals surface area (Å²) in [5.74, 6) is -0.774. The molecule has 11 heteroatoms. The number of halogens is 4. The van der Waals surface area contributed by atoms with Crippen molar-refractivity contribution in [2.24, 2.45) is 0 Å². The number of rotatable bonds is 10. The first-order valence-corrected chi connectivity index (χ1v) is 14.5. The van der Waals surface area contributed by atoms with E-state index in [9.17, 15) is 17.6 Å². The summed E-state index contributed by atoms with van der Waals surface area (Å²) in [6.45, 7) is 0. The highest BCUT2D eigenvalue weighted by molar-refractivity contribution is 7.85. The summed E-state index contributed by atoms with van der Waals surface area (Å²) >= 11 is 0. The molecule has 0 aliphatic carbocycles. The van der Waals surface area contributed by atoms with Gasteiger partial charge in [-0.2, -0.15) is 0 Å². The summed E-state index contributed by atoms with van der Waals surface area (Å²) in [6, 6.07) is 16.2. The van der Waals surface area contributed by atoms with E-state index in [1.54, 1.807) is 7.05 Å². The summed E-state index contributed by atoms with van der Waals surface area (Å²) < 4.78 is 83.3. The Morgan fingerprint density at radius 1 is 0.450 bits per heavy atom. The Bertz CT molecular complexity index is 1290. The Hall–Kier alpha value is -3.38. The van der Waals surface area contributed by atoms with Crippen molar-refractivity contribution in [2.45, 2.75) is 0 Å². The molecule has 0 aliphatic rings. The van der Waals surface area contributed by atoms with Crippen LogP contribution in [-0.2, 0) is 0 Å². The average Bonchev–Trinajstić information content (AvgIpc) is 2.94. The molecule has 0 aromatic heterocycles. The van der Waals surface area contributed by atoms with Crippen molar-refractivity contribution in [2.75, 3.05) is 35.5 Å². The third-order valence-electron chi connectivity index (χ3n) is 6.06. The maximum atomic E-state index is 14.8. The summed E-state index contributed by atoms with van der Waals surface area (Å²) in [5, 5.41) is 1.62. The first-order chi connectivity index (χ1) is 19.2. The zero-order valence-electron chi connectivity index (χ0n) is 22.4. The Balaban J connectivity index is 2.10. The number of ether oxygens (including phenoxy) is 4. The van der Waals surface area contributed by atoms with Gasteiger partial charge in [-0.15, -0.1) is 0 Å². The molecule has 0 atom stereocenters. The van der Waals surface area contributed by atoms with E-state index in [2.05, 4.69) is 0 Å². The maximum Gasteiger partial charge on any atom is 0.128 e. The maximum absolute atomic E-state index is 14.8. The molecule has 210 valence electrons. The molecule has 0 saturated carbocycles. The first-order valence-electron chi connectivity index (χ1n) is 11.9. The monoisotopic (exact) mass is 591 g/mol. The van der Waals surface area contributed by atoms with Crippen LogP contribution in [0, 0.1) is 23.3 Å². The zero-order chi connectivity index (χ0) is 29.0. The average molecular weight is 591 g/mol. The molecule has 0 spiro atoms. The molecule has 0 heterocycles. The van der Waals surface area contributed by atoms with Crippen LogP contribution in [0.4, 0.5) is 17.6 Å². The third kappa shape index (κ3) is 6.02. The van der Waals surface area contributed by atoms with Gasteiger partial charge in [0.25, 0.3) is 0 Å². The van der Waals surface area contributed by atoms with Crippen LogP contribution in [0.1, 0.15) is 0 Å². The van der Waals surface area contributed by atoms with Gasteiger partial charge in [-0.1, -0.05) is 0 Å². The van der Waals surface area contributed by atoms with Gasteiger partial charge in [-0.25, -0.2) is 22.0 Å². The van der Waals surface area contributed by atoms with Gasteiger partial charge in [0.15, 0.2) is 0 Å². The Labute approximate surface area is 232 Å². The molecule has 0 N–H and O–H groups in total. The van der Waals surface area contributed by atoms with Crippen molar-refractivity contribution in [3.05, 3.63) is 96.1 Å². The predicted octanol–water partition coefficient (Wildman–Crippen LogP) is 5.60. The predicted molar refractivity (Wildman–Crippen MR) is 152 cm³/mol. The van der Waals surface area contributed by atoms with Crippen molar-refractivity contribution in [3.8, 4) is 23.0 Å². The third-order valence-corrected chi connectivity index (χ3v) is 11.5. The molecule has 0 radical (unpaired) electrons. The molecule has 4 aromatic rings. The van der Waals surface area contributed by atoms with Crippen molar-refractivity contribution < 1.29 is 36.5 Å². The number of hydrogen-bond donors (Lipinski definition) is 0. The lowest BCUT2D eigenvalue weighted by atomic mass is 10.3. The number of methoxy groups -OCH3 is 4. The van der Waals surface area contributed by atoms with Crippen LogP contribution >= 0.6 is 16.1 Å². The molecule has 0 unspecified atom stereocenters. The van der Waals surface area contributed by atoms with Crippen LogP contribution in [0.25, 0.3) is 0 Å². The fourth-order valence-electron chi connectivity index (χ4n) is 4.29. The Kier molecular flexibility index (Phi) is 9.52. The molecule has 4 aromatic carbocycles. The van der Waals surface area contributed by atoms with Gasteiger partial charge in [0.05, 0.1) is 28.4 Å². The fourth-order valence-corrected chi connectivity index (χ4v) is 10.4. The van der Waals surface area contributed by atoms with E-state index in [1.807, 2.05) is 4.44 Å². The SMILES string of the molecule is COc1ccc(F)cc1P(c1cc(F)ccc1OC)N(C)P(c1cc(F)ccc1OC)c1cc(F)ccc1OC. The van der Waals surface area contributed by atoms with Gasteiger partial charge in [0, 0.05) is 37.4 Å². The second kappa shape index (κ2) is 12.9. The van der Waals surface area contributed by atoms with Crippen LogP contribution in [0.2, 0.25) is 0 Å². The molecular formula is C29H27F4NO4P2. The molecule has 0 saturated heterocycles. The van der Waals surface area contributed by atoms with Crippen LogP contribution < -0.4 is 40.2 Å². The van der Waals surface area contributed by atoms with Crippen molar-refractivity contribution >= 4 is 37.4 Å². The molecule has 5 nitrogen and oxygen atoms in total. The van der Waals surface area contributed by atoms with E-state index in [-0.39, 0.29) is 0 Å². The zero-order valence-corrected chi connectivity index (χ0v) is 24.2. The summed E-state index contributed by atoms with van der Waals surface area (Å²) in [4.78, 5) is 0. The summed E-state index contributed by atoms with van der Waals surface area (Å²) in [6.07, 6.45) is 0. The number of benzene rings is 4.